The summed E-state index contributed by atoms with van der Waals surface area (Å²) in [6.07, 6.45) is 7.62. The maximum absolute atomic E-state index is 14.1. The molecule has 1 aliphatic rings. The lowest BCUT2D eigenvalue weighted by atomic mass is 9.77. The molecule has 0 nitrogen and oxygen atoms in total. The van der Waals surface area contributed by atoms with Gasteiger partial charge in [0.1, 0.15) is 5.82 Å². The van der Waals surface area contributed by atoms with E-state index in [-0.39, 0.29) is 5.56 Å². The molecule has 0 unspecified atom stereocenters. The first-order valence-corrected chi connectivity index (χ1v) is 9.78. The van der Waals surface area contributed by atoms with Crippen molar-refractivity contribution < 1.29 is 17.6 Å². The Morgan fingerprint density at radius 1 is 1.00 bits per heavy atom. The third-order valence-corrected chi connectivity index (χ3v) is 5.37. The zero-order valence-electron chi connectivity index (χ0n) is 15.5. The van der Waals surface area contributed by atoms with E-state index < -0.39 is 12.0 Å². The van der Waals surface area contributed by atoms with Crippen LogP contribution in [0.1, 0.15) is 88.2 Å². The molecule has 4 heteroatoms. The van der Waals surface area contributed by atoms with Crippen LogP contribution in [0.5, 0.6) is 0 Å². The van der Waals surface area contributed by atoms with Crippen LogP contribution < -0.4 is 0 Å². The number of benzene rings is 1. The minimum atomic E-state index is -4.60. The zero-order valence-corrected chi connectivity index (χ0v) is 15.5. The van der Waals surface area contributed by atoms with Crippen molar-refractivity contribution in [2.75, 3.05) is 0 Å². The minimum absolute atomic E-state index is 0.188. The number of alkyl halides is 3. The second-order valence-corrected chi connectivity index (χ2v) is 7.41. The Labute approximate surface area is 154 Å². The molecule has 0 amide bonds. The molecule has 1 saturated carbocycles. The maximum Gasteiger partial charge on any atom is 0.458 e. The van der Waals surface area contributed by atoms with Crippen molar-refractivity contribution >= 4 is 0 Å². The van der Waals surface area contributed by atoms with Gasteiger partial charge < -0.3 is 0 Å². The number of hydrogen-bond donors (Lipinski definition) is 0. The van der Waals surface area contributed by atoms with Gasteiger partial charge in [0.15, 0.2) is 0 Å². The van der Waals surface area contributed by atoms with Crippen LogP contribution in [0.2, 0.25) is 0 Å². The quantitative estimate of drug-likeness (QED) is 0.268. The molecule has 0 radical (unpaired) electrons. The van der Waals surface area contributed by atoms with Crippen LogP contribution in [-0.2, 0) is 0 Å². The highest BCUT2D eigenvalue weighted by molar-refractivity contribution is 5.39. The van der Waals surface area contributed by atoms with E-state index in [0.717, 1.165) is 43.1 Å². The normalized spacial score (nSPS) is 20.5. The van der Waals surface area contributed by atoms with E-state index in [1.54, 1.807) is 6.07 Å². The van der Waals surface area contributed by atoms with Gasteiger partial charge in [0.2, 0.25) is 0 Å². The summed E-state index contributed by atoms with van der Waals surface area (Å²) in [5.41, 5.74) is 0.702. The lowest BCUT2D eigenvalue weighted by molar-refractivity contribution is -0.0696. The molecule has 0 aromatic heterocycles. The molecule has 1 aliphatic carbocycles. The monoisotopic (exact) mass is 368 g/mol. The summed E-state index contributed by atoms with van der Waals surface area (Å²) in [6.45, 7) is 2.22. The van der Waals surface area contributed by atoms with Gasteiger partial charge in [-0.05, 0) is 55.2 Å². The maximum atomic E-state index is 14.1. The van der Waals surface area contributed by atoms with Gasteiger partial charge in [-0.15, -0.1) is 0 Å². The first kappa shape index (κ1) is 20.8. The third-order valence-electron chi connectivity index (χ3n) is 5.37. The Hall–Kier alpha value is -1.50. The van der Waals surface area contributed by atoms with Gasteiger partial charge in [-0.25, -0.2) is 4.39 Å². The summed E-state index contributed by atoms with van der Waals surface area (Å²) in [5.74, 6) is 3.43. The van der Waals surface area contributed by atoms with E-state index in [2.05, 4.69) is 6.92 Å². The number of rotatable bonds is 7. The summed E-state index contributed by atoms with van der Waals surface area (Å²) in [7, 11) is 0. The molecule has 0 N–H and O–H groups in total. The molecule has 0 bridgehead atoms. The molecule has 1 aromatic carbocycles. The van der Waals surface area contributed by atoms with Crippen LogP contribution >= 0.6 is 0 Å². The highest BCUT2D eigenvalue weighted by atomic mass is 19.4. The number of unbranched alkanes of at least 4 members (excludes halogenated alkanes) is 4. The Balaban J connectivity index is 1.83. The Morgan fingerprint density at radius 3 is 2.31 bits per heavy atom. The van der Waals surface area contributed by atoms with E-state index in [1.165, 1.54) is 50.7 Å². The number of hydrogen-bond acceptors (Lipinski definition) is 0. The SMILES string of the molecule is CCCCCCCC1CCC(c2ccc(C#CC(F)(F)F)c(F)c2)CC1. The van der Waals surface area contributed by atoms with Crippen molar-refractivity contribution in [3.05, 3.63) is 35.1 Å². The molecular weight excluding hydrogens is 340 g/mol. The molecule has 0 saturated heterocycles. The smallest absolute Gasteiger partial charge is 0.206 e. The second kappa shape index (κ2) is 10.00. The van der Waals surface area contributed by atoms with E-state index >= 15 is 0 Å². The minimum Gasteiger partial charge on any atom is -0.206 e. The van der Waals surface area contributed by atoms with Crippen molar-refractivity contribution in [3.63, 3.8) is 0 Å². The molecule has 1 fully saturated rings. The molecule has 1 aromatic rings. The average Bonchev–Trinajstić information content (AvgIpc) is 2.60. The summed E-state index contributed by atoms with van der Waals surface area (Å²) in [5, 5.41) is 0. The highest BCUT2D eigenvalue weighted by Gasteiger charge is 2.24. The van der Waals surface area contributed by atoms with Gasteiger partial charge in [0.25, 0.3) is 0 Å². The third kappa shape index (κ3) is 7.02. The molecule has 26 heavy (non-hydrogen) atoms. The van der Waals surface area contributed by atoms with E-state index in [1.807, 2.05) is 5.92 Å². The Morgan fingerprint density at radius 2 is 1.69 bits per heavy atom. The fourth-order valence-electron chi connectivity index (χ4n) is 3.85. The van der Waals surface area contributed by atoms with Crippen molar-refractivity contribution in [1.29, 1.82) is 0 Å². The topological polar surface area (TPSA) is 0 Å². The molecule has 0 spiro atoms. The molecule has 0 heterocycles. The standard InChI is InChI=1S/C22H28F4/c1-2-3-4-5-6-7-17-8-10-18(11-9-17)20-13-12-19(21(23)16-20)14-15-22(24,25)26/h12-13,16-18H,2-11H2,1H3. The summed E-state index contributed by atoms with van der Waals surface area (Å²) in [6, 6.07) is 4.48. The van der Waals surface area contributed by atoms with Gasteiger partial charge in [0.05, 0.1) is 5.56 Å². The highest BCUT2D eigenvalue weighted by Crippen LogP contribution is 2.38. The van der Waals surface area contributed by atoms with Gasteiger partial charge in [-0.2, -0.15) is 13.2 Å². The van der Waals surface area contributed by atoms with Crippen LogP contribution in [-0.4, -0.2) is 6.18 Å². The lowest BCUT2D eigenvalue weighted by Gasteiger charge is -2.29. The molecule has 2 rings (SSSR count). The first-order chi connectivity index (χ1) is 12.4. The van der Waals surface area contributed by atoms with Gasteiger partial charge >= 0.3 is 6.18 Å². The van der Waals surface area contributed by atoms with Crippen molar-refractivity contribution in [2.45, 2.75) is 83.2 Å². The van der Waals surface area contributed by atoms with Crippen LogP contribution in [0, 0.1) is 23.6 Å². The predicted octanol–water partition coefficient (Wildman–Crippen LogP) is 7.37. The molecule has 0 atom stereocenters. The van der Waals surface area contributed by atoms with Gasteiger partial charge in [0, 0.05) is 5.92 Å². The lowest BCUT2D eigenvalue weighted by Crippen LogP contribution is -2.13. The van der Waals surface area contributed by atoms with Crippen molar-refractivity contribution in [1.82, 2.24) is 0 Å². The van der Waals surface area contributed by atoms with Gasteiger partial charge in [-0.1, -0.05) is 57.4 Å². The predicted molar refractivity (Wildman–Crippen MR) is 97.4 cm³/mol. The van der Waals surface area contributed by atoms with Crippen LogP contribution in [0.15, 0.2) is 18.2 Å². The summed E-state index contributed by atoms with van der Waals surface area (Å²) >= 11 is 0. The van der Waals surface area contributed by atoms with E-state index in [9.17, 15) is 17.6 Å². The molecule has 144 valence electrons. The van der Waals surface area contributed by atoms with Crippen LogP contribution in [0.3, 0.4) is 0 Å². The fourth-order valence-corrected chi connectivity index (χ4v) is 3.85. The Kier molecular flexibility index (Phi) is 8.00. The number of halogens is 4. The Bertz CT molecular complexity index is 613. The first-order valence-electron chi connectivity index (χ1n) is 9.78. The van der Waals surface area contributed by atoms with Crippen molar-refractivity contribution in [2.24, 2.45) is 5.92 Å². The average molecular weight is 368 g/mol. The molecule has 0 aliphatic heterocycles. The largest absolute Gasteiger partial charge is 0.458 e. The van der Waals surface area contributed by atoms with E-state index in [4.69, 9.17) is 0 Å². The molecular formula is C22H28F4. The fraction of sp³-hybridized carbons (Fsp3) is 0.636. The van der Waals surface area contributed by atoms with E-state index in [0.29, 0.717) is 5.92 Å². The van der Waals surface area contributed by atoms with Gasteiger partial charge in [-0.3, -0.25) is 0 Å². The van der Waals surface area contributed by atoms with Crippen LogP contribution in [0.25, 0.3) is 0 Å². The summed E-state index contributed by atoms with van der Waals surface area (Å²) < 4.78 is 50.5. The van der Waals surface area contributed by atoms with Crippen LogP contribution in [0.4, 0.5) is 17.6 Å². The second-order valence-electron chi connectivity index (χ2n) is 7.41. The van der Waals surface area contributed by atoms with Crippen molar-refractivity contribution in [3.8, 4) is 11.8 Å². The zero-order chi connectivity index (χ0) is 19.0. The summed E-state index contributed by atoms with van der Waals surface area (Å²) in [4.78, 5) is 0.